The molecule has 0 bridgehead atoms. The summed E-state index contributed by atoms with van der Waals surface area (Å²) in [5.41, 5.74) is 1.14. The number of benzene rings is 1. The SMILES string of the molecule is CCC(NCC(O)COCc1ccccc1)C(C)C. The summed E-state index contributed by atoms with van der Waals surface area (Å²) in [6.45, 7) is 8.07. The van der Waals surface area contributed by atoms with Crippen molar-refractivity contribution >= 4 is 0 Å². The van der Waals surface area contributed by atoms with Crippen molar-refractivity contribution in [2.24, 2.45) is 5.92 Å². The predicted octanol–water partition coefficient (Wildman–Crippen LogP) is 2.59. The molecule has 0 heterocycles. The Labute approximate surface area is 117 Å². The van der Waals surface area contributed by atoms with E-state index in [1.807, 2.05) is 30.3 Å². The fourth-order valence-corrected chi connectivity index (χ4v) is 2.08. The highest BCUT2D eigenvalue weighted by Crippen LogP contribution is 2.05. The third kappa shape index (κ3) is 6.71. The van der Waals surface area contributed by atoms with E-state index in [1.54, 1.807) is 0 Å². The highest BCUT2D eigenvalue weighted by atomic mass is 16.5. The lowest BCUT2D eigenvalue weighted by molar-refractivity contribution is 0.0268. The first-order valence-electron chi connectivity index (χ1n) is 7.16. The van der Waals surface area contributed by atoms with Gasteiger partial charge < -0.3 is 15.2 Å². The maximum Gasteiger partial charge on any atom is 0.0897 e. The molecule has 2 N–H and O–H groups in total. The van der Waals surface area contributed by atoms with E-state index in [0.717, 1.165) is 12.0 Å². The first kappa shape index (κ1) is 16.2. The van der Waals surface area contributed by atoms with Crippen molar-refractivity contribution in [3.63, 3.8) is 0 Å². The lowest BCUT2D eigenvalue weighted by Gasteiger charge is -2.22. The van der Waals surface area contributed by atoms with Crippen LogP contribution in [0.5, 0.6) is 0 Å². The maximum absolute atomic E-state index is 9.87. The van der Waals surface area contributed by atoms with Crippen molar-refractivity contribution < 1.29 is 9.84 Å². The Balaban J connectivity index is 2.16. The van der Waals surface area contributed by atoms with Gasteiger partial charge >= 0.3 is 0 Å². The standard InChI is InChI=1S/C16H27NO2/c1-4-16(13(2)3)17-10-15(18)12-19-11-14-8-6-5-7-9-14/h5-9,13,15-18H,4,10-12H2,1-3H3. The minimum absolute atomic E-state index is 0.371. The van der Waals surface area contributed by atoms with Gasteiger partial charge in [0.15, 0.2) is 0 Å². The summed E-state index contributed by atoms with van der Waals surface area (Å²) in [4.78, 5) is 0. The first-order chi connectivity index (χ1) is 9.13. The van der Waals surface area contributed by atoms with Crippen molar-refractivity contribution in [2.75, 3.05) is 13.2 Å². The van der Waals surface area contributed by atoms with E-state index in [-0.39, 0.29) is 0 Å². The minimum Gasteiger partial charge on any atom is -0.389 e. The van der Waals surface area contributed by atoms with Gasteiger partial charge in [0.05, 0.1) is 19.3 Å². The van der Waals surface area contributed by atoms with Crippen molar-refractivity contribution in [1.29, 1.82) is 0 Å². The molecule has 0 saturated heterocycles. The second kappa shape index (κ2) is 9.08. The molecule has 0 aliphatic rings. The van der Waals surface area contributed by atoms with Crippen LogP contribution in [-0.2, 0) is 11.3 Å². The quantitative estimate of drug-likeness (QED) is 0.721. The van der Waals surface area contributed by atoms with Gasteiger partial charge in [-0.3, -0.25) is 0 Å². The molecular formula is C16H27NO2. The lowest BCUT2D eigenvalue weighted by Crippen LogP contribution is -2.39. The van der Waals surface area contributed by atoms with Crippen molar-refractivity contribution in [3.8, 4) is 0 Å². The van der Waals surface area contributed by atoms with Gasteiger partial charge in [0.2, 0.25) is 0 Å². The van der Waals surface area contributed by atoms with E-state index < -0.39 is 6.10 Å². The van der Waals surface area contributed by atoms with Crippen molar-refractivity contribution in [1.82, 2.24) is 5.32 Å². The molecule has 3 heteroatoms. The molecular weight excluding hydrogens is 238 g/mol. The van der Waals surface area contributed by atoms with E-state index >= 15 is 0 Å². The zero-order valence-electron chi connectivity index (χ0n) is 12.3. The molecule has 0 aromatic heterocycles. The number of rotatable bonds is 9. The van der Waals surface area contributed by atoms with Crippen molar-refractivity contribution in [2.45, 2.75) is 45.9 Å². The Morgan fingerprint density at radius 3 is 2.47 bits per heavy atom. The Morgan fingerprint density at radius 2 is 1.89 bits per heavy atom. The molecule has 1 aromatic rings. The van der Waals surface area contributed by atoms with Crippen LogP contribution in [0.1, 0.15) is 32.8 Å². The number of hydrogen-bond acceptors (Lipinski definition) is 3. The van der Waals surface area contributed by atoms with Crippen molar-refractivity contribution in [3.05, 3.63) is 35.9 Å². The van der Waals surface area contributed by atoms with E-state index in [0.29, 0.717) is 31.7 Å². The summed E-state index contributed by atoms with van der Waals surface area (Å²) >= 11 is 0. The third-order valence-corrected chi connectivity index (χ3v) is 3.28. The first-order valence-corrected chi connectivity index (χ1v) is 7.16. The summed E-state index contributed by atoms with van der Waals surface area (Å²) < 4.78 is 5.52. The molecule has 1 aromatic carbocycles. The van der Waals surface area contributed by atoms with E-state index in [4.69, 9.17) is 4.74 Å². The minimum atomic E-state index is -0.448. The number of aliphatic hydroxyl groups is 1. The number of aliphatic hydroxyl groups excluding tert-OH is 1. The maximum atomic E-state index is 9.87. The smallest absolute Gasteiger partial charge is 0.0897 e. The van der Waals surface area contributed by atoms with E-state index in [1.165, 1.54) is 0 Å². The number of nitrogens with one attached hydrogen (secondary N) is 1. The largest absolute Gasteiger partial charge is 0.389 e. The van der Waals surface area contributed by atoms with Gasteiger partial charge in [0.25, 0.3) is 0 Å². The fraction of sp³-hybridized carbons (Fsp3) is 0.625. The normalized spacial score (nSPS) is 14.6. The Hall–Kier alpha value is -0.900. The highest BCUT2D eigenvalue weighted by Gasteiger charge is 2.12. The van der Waals surface area contributed by atoms with Crippen LogP contribution in [-0.4, -0.2) is 30.4 Å². The average molecular weight is 265 g/mol. The Kier molecular flexibility index (Phi) is 7.72. The second-order valence-corrected chi connectivity index (χ2v) is 5.32. The predicted molar refractivity (Wildman–Crippen MR) is 79.0 cm³/mol. The summed E-state index contributed by atoms with van der Waals surface area (Å²) in [6.07, 6.45) is 0.631. The molecule has 1 rings (SSSR count). The van der Waals surface area contributed by atoms with Gasteiger partial charge in [0.1, 0.15) is 0 Å². The molecule has 0 saturated carbocycles. The zero-order chi connectivity index (χ0) is 14.1. The summed E-state index contributed by atoms with van der Waals surface area (Å²) in [7, 11) is 0. The van der Waals surface area contributed by atoms with Crippen LogP contribution in [0.25, 0.3) is 0 Å². The van der Waals surface area contributed by atoms with Gasteiger partial charge in [-0.05, 0) is 17.9 Å². The van der Waals surface area contributed by atoms with Gasteiger partial charge in [-0.15, -0.1) is 0 Å². The second-order valence-electron chi connectivity index (χ2n) is 5.32. The topological polar surface area (TPSA) is 41.5 Å². The summed E-state index contributed by atoms with van der Waals surface area (Å²) in [6, 6.07) is 10.5. The van der Waals surface area contributed by atoms with Gasteiger partial charge in [-0.25, -0.2) is 0 Å². The van der Waals surface area contributed by atoms with Crippen LogP contribution in [0.3, 0.4) is 0 Å². The van der Waals surface area contributed by atoms with Crippen LogP contribution in [0.4, 0.5) is 0 Å². The average Bonchev–Trinajstić information content (AvgIpc) is 2.40. The number of hydrogen-bond donors (Lipinski definition) is 2. The molecule has 19 heavy (non-hydrogen) atoms. The van der Waals surface area contributed by atoms with Gasteiger partial charge in [0, 0.05) is 12.6 Å². The molecule has 0 aliphatic heterocycles. The van der Waals surface area contributed by atoms with Gasteiger partial charge in [-0.2, -0.15) is 0 Å². The molecule has 0 aliphatic carbocycles. The molecule has 0 fully saturated rings. The molecule has 0 amide bonds. The van der Waals surface area contributed by atoms with Crippen LogP contribution in [0.2, 0.25) is 0 Å². The molecule has 0 radical (unpaired) electrons. The van der Waals surface area contributed by atoms with Crippen LogP contribution in [0.15, 0.2) is 30.3 Å². The van der Waals surface area contributed by atoms with Crippen LogP contribution >= 0.6 is 0 Å². The molecule has 2 unspecified atom stereocenters. The summed E-state index contributed by atoms with van der Waals surface area (Å²) in [5.74, 6) is 0.586. The summed E-state index contributed by atoms with van der Waals surface area (Å²) in [5, 5.41) is 13.3. The van der Waals surface area contributed by atoms with Crippen LogP contribution in [0, 0.1) is 5.92 Å². The van der Waals surface area contributed by atoms with Gasteiger partial charge in [-0.1, -0.05) is 51.1 Å². The lowest BCUT2D eigenvalue weighted by atomic mass is 10.0. The molecule has 0 spiro atoms. The third-order valence-electron chi connectivity index (χ3n) is 3.28. The molecule has 3 nitrogen and oxygen atoms in total. The fourth-order valence-electron chi connectivity index (χ4n) is 2.08. The van der Waals surface area contributed by atoms with E-state index in [9.17, 15) is 5.11 Å². The number of ether oxygens (including phenoxy) is 1. The Morgan fingerprint density at radius 1 is 1.21 bits per heavy atom. The van der Waals surface area contributed by atoms with E-state index in [2.05, 4.69) is 26.1 Å². The molecule has 108 valence electrons. The monoisotopic (exact) mass is 265 g/mol. The Bertz CT molecular complexity index is 327. The zero-order valence-corrected chi connectivity index (χ0v) is 12.3. The van der Waals surface area contributed by atoms with Crippen LogP contribution < -0.4 is 5.32 Å². The molecule has 2 atom stereocenters. The highest BCUT2D eigenvalue weighted by molar-refractivity contribution is 5.13.